The first-order chi connectivity index (χ1) is 5.75. The highest BCUT2D eigenvalue weighted by Gasteiger charge is 2.11. The quantitative estimate of drug-likeness (QED) is 0.677. The Bertz CT molecular complexity index is 279. The van der Waals surface area contributed by atoms with Crippen LogP contribution in [0.3, 0.4) is 0 Å². The molecule has 0 aliphatic rings. The number of benzene rings is 1. The van der Waals surface area contributed by atoms with Crippen molar-refractivity contribution in [3.05, 3.63) is 35.9 Å². The predicted octanol–water partition coefficient (Wildman–Crippen LogP) is 2.01. The first-order valence-electron chi connectivity index (χ1n) is 3.85. The Labute approximate surface area is 71.7 Å². The first-order valence-corrected chi connectivity index (χ1v) is 3.85. The van der Waals surface area contributed by atoms with Gasteiger partial charge in [0.25, 0.3) is 0 Å². The lowest BCUT2D eigenvalue weighted by atomic mass is 9.98. The first kappa shape index (κ1) is 8.65. The third-order valence-electron chi connectivity index (χ3n) is 1.87. The van der Waals surface area contributed by atoms with Gasteiger partial charge in [-0.1, -0.05) is 37.3 Å². The molecule has 1 unspecified atom stereocenters. The molecule has 0 heterocycles. The second kappa shape index (κ2) is 3.81. The van der Waals surface area contributed by atoms with Crippen LogP contribution in [0.4, 0.5) is 0 Å². The van der Waals surface area contributed by atoms with Crippen LogP contribution in [0.15, 0.2) is 30.3 Å². The van der Waals surface area contributed by atoms with E-state index in [9.17, 15) is 4.79 Å². The number of rotatable bonds is 3. The van der Waals surface area contributed by atoms with Crippen molar-refractivity contribution in [2.75, 3.05) is 0 Å². The molecule has 0 aliphatic carbocycles. The largest absolute Gasteiger partial charge is 0.305 e. The normalized spacial score (nSPS) is 12.1. The molecular weight excluding hydrogens is 150 g/mol. The minimum Gasteiger partial charge on any atom is -0.305 e. The SMILES string of the molecule is CC(C(=O)C=N)c1ccccc1. The van der Waals surface area contributed by atoms with E-state index in [1.165, 1.54) is 0 Å². The molecule has 0 saturated heterocycles. The second-order valence-corrected chi connectivity index (χ2v) is 2.68. The molecule has 2 nitrogen and oxygen atoms in total. The van der Waals surface area contributed by atoms with Crippen LogP contribution in [-0.2, 0) is 4.79 Å². The highest BCUT2D eigenvalue weighted by molar-refractivity contribution is 6.28. The topological polar surface area (TPSA) is 40.9 Å². The molecule has 62 valence electrons. The van der Waals surface area contributed by atoms with E-state index in [1.807, 2.05) is 37.3 Å². The Morgan fingerprint density at radius 3 is 2.50 bits per heavy atom. The molecule has 0 aromatic heterocycles. The standard InChI is InChI=1S/C10H11NO/c1-8(10(12)7-11)9-5-3-2-4-6-9/h2-8,11H,1H3. The van der Waals surface area contributed by atoms with Crippen molar-refractivity contribution in [2.45, 2.75) is 12.8 Å². The monoisotopic (exact) mass is 161 g/mol. The lowest BCUT2D eigenvalue weighted by molar-refractivity contribution is -0.113. The summed E-state index contributed by atoms with van der Waals surface area (Å²) >= 11 is 0. The second-order valence-electron chi connectivity index (χ2n) is 2.68. The van der Waals surface area contributed by atoms with Crippen molar-refractivity contribution >= 4 is 12.0 Å². The van der Waals surface area contributed by atoms with Crippen molar-refractivity contribution in [1.82, 2.24) is 0 Å². The molecule has 1 N–H and O–H groups in total. The molecule has 1 rings (SSSR count). The van der Waals surface area contributed by atoms with Crippen LogP contribution in [0.25, 0.3) is 0 Å². The molecule has 2 heteroatoms. The zero-order valence-corrected chi connectivity index (χ0v) is 6.95. The van der Waals surface area contributed by atoms with Crippen LogP contribution in [0, 0.1) is 5.41 Å². The minimum absolute atomic E-state index is 0.152. The third-order valence-corrected chi connectivity index (χ3v) is 1.87. The van der Waals surface area contributed by atoms with Gasteiger partial charge in [-0.3, -0.25) is 4.79 Å². The van der Waals surface area contributed by atoms with Gasteiger partial charge in [-0.2, -0.15) is 0 Å². The van der Waals surface area contributed by atoms with E-state index in [-0.39, 0.29) is 11.7 Å². The van der Waals surface area contributed by atoms with Gasteiger partial charge in [-0.25, -0.2) is 0 Å². The van der Waals surface area contributed by atoms with Crippen LogP contribution >= 0.6 is 0 Å². The Balaban J connectivity index is 2.85. The molecule has 0 radical (unpaired) electrons. The van der Waals surface area contributed by atoms with Crippen LogP contribution in [0.5, 0.6) is 0 Å². The third kappa shape index (κ3) is 1.78. The number of carbonyl (C=O) groups excluding carboxylic acids is 1. The zero-order valence-electron chi connectivity index (χ0n) is 6.95. The number of nitrogens with one attached hydrogen (secondary N) is 1. The smallest absolute Gasteiger partial charge is 0.180 e. The molecular formula is C10H11NO. The summed E-state index contributed by atoms with van der Waals surface area (Å²) in [6, 6.07) is 9.48. The number of ketones is 1. The van der Waals surface area contributed by atoms with Gasteiger partial charge in [0.1, 0.15) is 0 Å². The van der Waals surface area contributed by atoms with Crippen LogP contribution < -0.4 is 0 Å². The molecule has 0 amide bonds. The molecule has 0 aliphatic heterocycles. The van der Waals surface area contributed by atoms with E-state index in [1.54, 1.807) is 0 Å². The molecule has 0 spiro atoms. The fourth-order valence-corrected chi connectivity index (χ4v) is 1.03. The van der Waals surface area contributed by atoms with Crippen LogP contribution in [-0.4, -0.2) is 12.0 Å². The predicted molar refractivity (Wildman–Crippen MR) is 48.6 cm³/mol. The molecule has 12 heavy (non-hydrogen) atoms. The minimum atomic E-state index is -0.191. The van der Waals surface area contributed by atoms with Gasteiger partial charge in [-0.05, 0) is 5.56 Å². The van der Waals surface area contributed by atoms with E-state index in [2.05, 4.69) is 0 Å². The van der Waals surface area contributed by atoms with Crippen molar-refractivity contribution < 1.29 is 4.79 Å². The van der Waals surface area contributed by atoms with E-state index >= 15 is 0 Å². The van der Waals surface area contributed by atoms with E-state index in [0.29, 0.717) is 0 Å². The Kier molecular flexibility index (Phi) is 2.75. The molecule has 1 aromatic rings. The molecule has 0 saturated carbocycles. The number of hydrogen-bond donors (Lipinski definition) is 1. The number of Topliss-reactive ketones (excluding diaryl/α,β-unsaturated/α-hetero) is 1. The fourth-order valence-electron chi connectivity index (χ4n) is 1.03. The Morgan fingerprint density at radius 2 is 2.00 bits per heavy atom. The summed E-state index contributed by atoms with van der Waals surface area (Å²) in [5.74, 6) is -0.343. The zero-order chi connectivity index (χ0) is 8.97. The van der Waals surface area contributed by atoms with Gasteiger partial charge in [-0.15, -0.1) is 0 Å². The number of hydrogen-bond acceptors (Lipinski definition) is 2. The summed E-state index contributed by atoms with van der Waals surface area (Å²) < 4.78 is 0. The molecule has 0 fully saturated rings. The summed E-state index contributed by atoms with van der Waals surface area (Å²) in [5.41, 5.74) is 0.964. The maximum atomic E-state index is 11.1. The van der Waals surface area contributed by atoms with Gasteiger partial charge in [0.15, 0.2) is 5.78 Å². The van der Waals surface area contributed by atoms with E-state index in [4.69, 9.17) is 5.41 Å². The van der Waals surface area contributed by atoms with Gasteiger partial charge in [0.05, 0.1) is 6.21 Å². The van der Waals surface area contributed by atoms with Gasteiger partial charge in [0, 0.05) is 5.92 Å². The van der Waals surface area contributed by atoms with Gasteiger partial charge < -0.3 is 5.41 Å². The maximum Gasteiger partial charge on any atom is 0.180 e. The Morgan fingerprint density at radius 1 is 1.42 bits per heavy atom. The highest BCUT2D eigenvalue weighted by atomic mass is 16.1. The number of carbonyl (C=O) groups is 1. The molecule has 1 aromatic carbocycles. The van der Waals surface area contributed by atoms with Gasteiger partial charge >= 0.3 is 0 Å². The van der Waals surface area contributed by atoms with Crippen LogP contribution in [0.2, 0.25) is 0 Å². The van der Waals surface area contributed by atoms with Crippen molar-refractivity contribution in [3.63, 3.8) is 0 Å². The van der Waals surface area contributed by atoms with Crippen molar-refractivity contribution in [3.8, 4) is 0 Å². The van der Waals surface area contributed by atoms with Crippen molar-refractivity contribution in [1.29, 1.82) is 5.41 Å². The Hall–Kier alpha value is -1.44. The van der Waals surface area contributed by atoms with Crippen molar-refractivity contribution in [2.24, 2.45) is 0 Å². The highest BCUT2D eigenvalue weighted by Crippen LogP contribution is 2.14. The summed E-state index contributed by atoms with van der Waals surface area (Å²) in [7, 11) is 0. The average molecular weight is 161 g/mol. The summed E-state index contributed by atoms with van der Waals surface area (Å²) in [5, 5.41) is 6.81. The fraction of sp³-hybridized carbons (Fsp3) is 0.200. The van der Waals surface area contributed by atoms with E-state index in [0.717, 1.165) is 11.8 Å². The lowest BCUT2D eigenvalue weighted by Crippen LogP contribution is -2.09. The summed E-state index contributed by atoms with van der Waals surface area (Å²) in [4.78, 5) is 11.1. The summed E-state index contributed by atoms with van der Waals surface area (Å²) in [6.45, 7) is 1.81. The summed E-state index contributed by atoms with van der Waals surface area (Å²) in [6.07, 6.45) is 0.873. The van der Waals surface area contributed by atoms with Gasteiger partial charge in [0.2, 0.25) is 0 Å². The maximum absolute atomic E-state index is 11.1. The van der Waals surface area contributed by atoms with E-state index < -0.39 is 0 Å². The van der Waals surface area contributed by atoms with Crippen LogP contribution in [0.1, 0.15) is 18.4 Å². The molecule has 0 bridgehead atoms. The molecule has 1 atom stereocenters. The lowest BCUT2D eigenvalue weighted by Gasteiger charge is -2.05. The average Bonchev–Trinajstić information content (AvgIpc) is 2.17.